The molecule has 0 aromatic carbocycles. The molecule has 0 radical (unpaired) electrons. The molecule has 36 heavy (non-hydrogen) atoms. The van der Waals surface area contributed by atoms with E-state index in [0.29, 0.717) is 39.2 Å². The fraction of sp³-hybridized carbons (Fsp3) is 0.192. The molecule has 1 aliphatic rings. The molecule has 0 saturated carbocycles. The molecule has 0 amide bonds. The van der Waals surface area contributed by atoms with Crippen LogP contribution in [0.4, 0.5) is 4.39 Å². The SMILES string of the molecule is Fc1c(-c2cncc(CN3CCCC3)c2)cnc2[nH]nc(-c3nc4c(-c5ccsc5)nccc4[nH]3)c12. The Morgan fingerprint density at radius 2 is 1.94 bits per heavy atom. The van der Waals surface area contributed by atoms with Crippen molar-refractivity contribution < 1.29 is 4.39 Å². The van der Waals surface area contributed by atoms with E-state index in [1.807, 2.05) is 35.2 Å². The average molecular weight is 497 g/mol. The Bertz CT molecular complexity index is 1700. The number of rotatable bonds is 5. The summed E-state index contributed by atoms with van der Waals surface area (Å²) in [6.07, 6.45) is 9.24. The van der Waals surface area contributed by atoms with Crippen LogP contribution in [0.3, 0.4) is 0 Å². The van der Waals surface area contributed by atoms with E-state index in [4.69, 9.17) is 4.98 Å². The van der Waals surface area contributed by atoms with Gasteiger partial charge < -0.3 is 4.98 Å². The number of likely N-dealkylation sites (tertiary alicyclic amines) is 1. The van der Waals surface area contributed by atoms with E-state index in [9.17, 15) is 0 Å². The molecule has 10 heteroatoms. The summed E-state index contributed by atoms with van der Waals surface area (Å²) in [6.45, 7) is 2.99. The molecule has 0 unspecified atom stereocenters. The number of nitrogens with zero attached hydrogens (tertiary/aromatic N) is 6. The molecule has 0 aliphatic carbocycles. The molecule has 7 heterocycles. The van der Waals surface area contributed by atoms with Gasteiger partial charge in [0.25, 0.3) is 0 Å². The molecular formula is C26H21FN8S. The summed E-state index contributed by atoms with van der Waals surface area (Å²) in [6, 6.07) is 5.86. The molecule has 6 aromatic rings. The van der Waals surface area contributed by atoms with Crippen LogP contribution in [0.5, 0.6) is 0 Å². The maximum Gasteiger partial charge on any atom is 0.159 e. The Hall–Kier alpha value is -4.02. The molecule has 2 N–H and O–H groups in total. The van der Waals surface area contributed by atoms with Crippen molar-refractivity contribution in [2.24, 2.45) is 0 Å². The minimum atomic E-state index is -0.402. The van der Waals surface area contributed by atoms with Gasteiger partial charge in [-0.25, -0.2) is 14.4 Å². The number of aromatic nitrogens is 7. The zero-order chi connectivity index (χ0) is 24.1. The summed E-state index contributed by atoms with van der Waals surface area (Å²) in [7, 11) is 0. The second-order valence-electron chi connectivity index (χ2n) is 9.00. The Morgan fingerprint density at radius 1 is 1.03 bits per heavy atom. The van der Waals surface area contributed by atoms with Crippen LogP contribution < -0.4 is 0 Å². The van der Waals surface area contributed by atoms with Crippen LogP contribution in [0.1, 0.15) is 18.4 Å². The minimum Gasteiger partial charge on any atom is -0.336 e. The Morgan fingerprint density at radius 3 is 2.81 bits per heavy atom. The largest absolute Gasteiger partial charge is 0.336 e. The number of halogens is 1. The fourth-order valence-electron chi connectivity index (χ4n) is 4.91. The highest BCUT2D eigenvalue weighted by Gasteiger charge is 2.22. The van der Waals surface area contributed by atoms with Gasteiger partial charge in [-0.3, -0.25) is 20.0 Å². The number of nitrogens with one attached hydrogen (secondary N) is 2. The van der Waals surface area contributed by atoms with Crippen LogP contribution in [0.2, 0.25) is 0 Å². The maximum absolute atomic E-state index is 16.0. The van der Waals surface area contributed by atoms with E-state index in [1.165, 1.54) is 19.0 Å². The standard InChI is InChI=1S/C26H21FN8S/c27-21-18(17-9-15(10-28-11-17)13-35-6-1-2-7-35)12-30-25-20(21)24(33-34-25)26-31-19-3-5-29-22(23(19)32-26)16-4-8-36-14-16/h3-5,8-12,14H,1-2,6-7,13H2,(H,31,32)(H,30,33,34). The molecule has 0 atom stereocenters. The lowest BCUT2D eigenvalue weighted by Crippen LogP contribution is -2.18. The number of aromatic amines is 2. The number of pyridine rings is 3. The Kier molecular flexibility index (Phi) is 5.07. The van der Waals surface area contributed by atoms with E-state index in [0.717, 1.165) is 42.0 Å². The summed E-state index contributed by atoms with van der Waals surface area (Å²) in [5, 5.41) is 11.6. The van der Waals surface area contributed by atoms with Crippen molar-refractivity contribution >= 4 is 33.4 Å². The first kappa shape index (κ1) is 21.3. The summed E-state index contributed by atoms with van der Waals surface area (Å²) >= 11 is 1.60. The van der Waals surface area contributed by atoms with E-state index >= 15 is 4.39 Å². The lowest BCUT2D eigenvalue weighted by molar-refractivity contribution is 0.331. The fourth-order valence-corrected chi connectivity index (χ4v) is 5.55. The molecule has 1 aliphatic heterocycles. The highest BCUT2D eigenvalue weighted by atomic mass is 32.1. The van der Waals surface area contributed by atoms with Crippen LogP contribution >= 0.6 is 11.3 Å². The van der Waals surface area contributed by atoms with Crippen LogP contribution in [-0.4, -0.2) is 53.1 Å². The van der Waals surface area contributed by atoms with E-state index in [2.05, 4.69) is 35.0 Å². The molecule has 1 saturated heterocycles. The molecule has 0 bridgehead atoms. The predicted molar refractivity (Wildman–Crippen MR) is 138 cm³/mol. The van der Waals surface area contributed by atoms with E-state index < -0.39 is 5.82 Å². The summed E-state index contributed by atoms with van der Waals surface area (Å²) in [5.41, 5.74) is 6.17. The van der Waals surface area contributed by atoms with Crippen molar-refractivity contribution in [1.82, 2.24) is 40.0 Å². The Balaban J connectivity index is 1.32. The van der Waals surface area contributed by atoms with Gasteiger partial charge in [-0.15, -0.1) is 0 Å². The monoisotopic (exact) mass is 496 g/mol. The summed E-state index contributed by atoms with van der Waals surface area (Å²) in [4.78, 5) is 23.8. The molecule has 0 spiro atoms. The van der Waals surface area contributed by atoms with Gasteiger partial charge in [0.15, 0.2) is 11.5 Å². The van der Waals surface area contributed by atoms with Gasteiger partial charge in [0.05, 0.1) is 16.6 Å². The maximum atomic E-state index is 16.0. The number of thiophene rings is 1. The Labute approximate surface area is 209 Å². The van der Waals surface area contributed by atoms with Crippen molar-refractivity contribution in [3.63, 3.8) is 0 Å². The third kappa shape index (κ3) is 3.57. The zero-order valence-corrected chi connectivity index (χ0v) is 20.0. The lowest BCUT2D eigenvalue weighted by Gasteiger charge is -2.15. The van der Waals surface area contributed by atoms with Crippen molar-refractivity contribution in [3.05, 3.63) is 65.1 Å². The first-order chi connectivity index (χ1) is 17.7. The molecule has 1 fully saturated rings. The number of fused-ring (bicyclic) bond motifs is 2. The zero-order valence-electron chi connectivity index (χ0n) is 19.2. The van der Waals surface area contributed by atoms with Crippen molar-refractivity contribution in [2.45, 2.75) is 19.4 Å². The van der Waals surface area contributed by atoms with Gasteiger partial charge in [0.1, 0.15) is 17.0 Å². The molecule has 6 aromatic heterocycles. The molecule has 8 nitrogen and oxygen atoms in total. The molecular weight excluding hydrogens is 475 g/mol. The quantitative estimate of drug-likeness (QED) is 0.331. The van der Waals surface area contributed by atoms with Crippen molar-refractivity contribution in [3.8, 4) is 33.9 Å². The second-order valence-corrected chi connectivity index (χ2v) is 9.78. The average Bonchev–Trinajstić information content (AvgIpc) is 3.70. The second kappa shape index (κ2) is 8.58. The van der Waals surface area contributed by atoms with Crippen LogP contribution in [0.15, 0.2) is 53.7 Å². The molecule has 7 rings (SSSR count). The minimum absolute atomic E-state index is 0.293. The highest BCUT2D eigenvalue weighted by Crippen LogP contribution is 2.34. The highest BCUT2D eigenvalue weighted by molar-refractivity contribution is 7.08. The van der Waals surface area contributed by atoms with Crippen LogP contribution in [-0.2, 0) is 6.54 Å². The number of imidazole rings is 1. The van der Waals surface area contributed by atoms with Gasteiger partial charge in [0.2, 0.25) is 0 Å². The van der Waals surface area contributed by atoms with Gasteiger partial charge >= 0.3 is 0 Å². The normalized spacial score (nSPS) is 14.4. The van der Waals surface area contributed by atoms with E-state index in [1.54, 1.807) is 23.7 Å². The third-order valence-electron chi connectivity index (χ3n) is 6.66. The van der Waals surface area contributed by atoms with Gasteiger partial charge in [-0.1, -0.05) is 0 Å². The lowest BCUT2D eigenvalue weighted by atomic mass is 10.0. The first-order valence-corrected chi connectivity index (χ1v) is 12.8. The number of hydrogen-bond donors (Lipinski definition) is 2. The van der Waals surface area contributed by atoms with E-state index in [-0.39, 0.29) is 0 Å². The van der Waals surface area contributed by atoms with Gasteiger partial charge in [-0.05, 0) is 55.1 Å². The molecule has 178 valence electrons. The summed E-state index contributed by atoms with van der Waals surface area (Å²) < 4.78 is 16.0. The smallest absolute Gasteiger partial charge is 0.159 e. The third-order valence-corrected chi connectivity index (χ3v) is 7.34. The predicted octanol–water partition coefficient (Wildman–Crippen LogP) is 5.42. The first-order valence-electron chi connectivity index (χ1n) is 11.8. The van der Waals surface area contributed by atoms with Crippen molar-refractivity contribution in [1.29, 1.82) is 0 Å². The topological polar surface area (TPSA) is 99.3 Å². The number of H-pyrrole nitrogens is 2. The van der Waals surface area contributed by atoms with Gasteiger partial charge in [0, 0.05) is 53.4 Å². The number of hydrogen-bond acceptors (Lipinski definition) is 7. The van der Waals surface area contributed by atoms with Crippen LogP contribution in [0.25, 0.3) is 56.0 Å². The van der Waals surface area contributed by atoms with Crippen molar-refractivity contribution in [2.75, 3.05) is 13.1 Å². The van der Waals surface area contributed by atoms with Crippen LogP contribution in [0, 0.1) is 5.82 Å². The van der Waals surface area contributed by atoms with Gasteiger partial charge in [-0.2, -0.15) is 16.4 Å². The summed E-state index contributed by atoms with van der Waals surface area (Å²) in [5.74, 6) is 0.0556.